The van der Waals surface area contributed by atoms with Crippen LogP contribution in [0, 0.1) is 0 Å². The SMILES string of the molecule is CC(O)C(=O)O.[H-].[Na+].[Zr]. The van der Waals surface area contributed by atoms with E-state index in [9.17, 15) is 4.79 Å². The minimum absolute atomic E-state index is 0. The van der Waals surface area contributed by atoms with Crippen molar-refractivity contribution in [2.75, 3.05) is 0 Å². The van der Waals surface area contributed by atoms with E-state index in [-0.39, 0.29) is 57.2 Å². The molecule has 42 valence electrons. The molecule has 0 rings (SSSR count). The minimum atomic E-state index is -1.23. The van der Waals surface area contributed by atoms with Crippen molar-refractivity contribution in [1.29, 1.82) is 0 Å². The molecule has 8 heavy (non-hydrogen) atoms. The van der Waals surface area contributed by atoms with Gasteiger partial charge in [-0.25, -0.2) is 4.79 Å². The zero-order chi connectivity index (χ0) is 5.15. The summed E-state index contributed by atoms with van der Waals surface area (Å²) in [5.74, 6) is -1.19. The van der Waals surface area contributed by atoms with Gasteiger partial charge in [0.1, 0.15) is 6.10 Å². The Morgan fingerprint density at radius 3 is 1.88 bits per heavy atom. The van der Waals surface area contributed by atoms with Crippen LogP contribution in [0.25, 0.3) is 0 Å². The Bertz CT molecular complexity index is 70.1. The van der Waals surface area contributed by atoms with Crippen LogP contribution in [0.1, 0.15) is 8.35 Å². The summed E-state index contributed by atoms with van der Waals surface area (Å²) in [7, 11) is 0. The quantitative estimate of drug-likeness (QED) is 0.438. The van der Waals surface area contributed by atoms with Gasteiger partial charge in [0.05, 0.1) is 0 Å². The van der Waals surface area contributed by atoms with Gasteiger partial charge in [0.2, 0.25) is 0 Å². The molecule has 2 N–H and O–H groups in total. The first kappa shape index (κ1) is 16.1. The van der Waals surface area contributed by atoms with Gasteiger partial charge < -0.3 is 11.6 Å². The molecule has 1 unspecified atom stereocenters. The summed E-state index contributed by atoms with van der Waals surface area (Å²) in [5, 5.41) is 15.8. The average molecular weight is 205 g/mol. The van der Waals surface area contributed by atoms with Crippen molar-refractivity contribution in [3.63, 3.8) is 0 Å². The molecule has 3 nitrogen and oxygen atoms in total. The molecule has 0 spiro atoms. The summed E-state index contributed by atoms with van der Waals surface area (Å²) in [6.07, 6.45) is -1.23. The summed E-state index contributed by atoms with van der Waals surface area (Å²) >= 11 is 0. The van der Waals surface area contributed by atoms with Gasteiger partial charge in [-0.3, -0.25) is 0 Å². The van der Waals surface area contributed by atoms with Crippen LogP contribution in [-0.2, 0) is 31.0 Å². The van der Waals surface area contributed by atoms with E-state index in [1.807, 2.05) is 0 Å². The first-order chi connectivity index (χ1) is 2.64. The second kappa shape index (κ2) is 8.31. The molecular formula is C3H7NaO3Zr. The summed E-state index contributed by atoms with van der Waals surface area (Å²) in [5.41, 5.74) is 0. The van der Waals surface area contributed by atoms with Gasteiger partial charge in [0.25, 0.3) is 0 Å². The van der Waals surface area contributed by atoms with E-state index in [0.29, 0.717) is 0 Å². The van der Waals surface area contributed by atoms with Crippen molar-refractivity contribution in [2.45, 2.75) is 13.0 Å². The Labute approximate surface area is 90.4 Å². The van der Waals surface area contributed by atoms with Crippen molar-refractivity contribution < 1.29 is 72.2 Å². The summed E-state index contributed by atoms with van der Waals surface area (Å²) < 4.78 is 0. The maximum Gasteiger partial charge on any atom is 1.00 e. The summed E-state index contributed by atoms with van der Waals surface area (Å²) in [6.45, 7) is 1.20. The Hall–Kier alpha value is 1.31. The number of hydrogen-bond acceptors (Lipinski definition) is 2. The minimum Gasteiger partial charge on any atom is -1.00 e. The van der Waals surface area contributed by atoms with Crippen LogP contribution in [0.15, 0.2) is 0 Å². The molecule has 0 radical (unpaired) electrons. The number of aliphatic hydroxyl groups excluding tert-OH is 1. The number of carboxylic acids is 1. The molecule has 0 fully saturated rings. The summed E-state index contributed by atoms with van der Waals surface area (Å²) in [4.78, 5) is 9.45. The normalized spacial score (nSPS) is 10.2. The van der Waals surface area contributed by atoms with Crippen LogP contribution >= 0.6 is 0 Å². The van der Waals surface area contributed by atoms with Gasteiger partial charge in [0.15, 0.2) is 0 Å². The van der Waals surface area contributed by atoms with Crippen molar-refractivity contribution in [3.05, 3.63) is 0 Å². The van der Waals surface area contributed by atoms with E-state index in [4.69, 9.17) is 10.2 Å². The Morgan fingerprint density at radius 2 is 1.88 bits per heavy atom. The van der Waals surface area contributed by atoms with Crippen molar-refractivity contribution in [2.24, 2.45) is 0 Å². The monoisotopic (exact) mass is 204 g/mol. The third-order valence-corrected chi connectivity index (χ3v) is 0.357. The first-order valence-electron chi connectivity index (χ1n) is 1.55. The first-order valence-corrected chi connectivity index (χ1v) is 1.55. The van der Waals surface area contributed by atoms with Crippen LogP contribution in [-0.4, -0.2) is 22.3 Å². The molecule has 5 heteroatoms. The van der Waals surface area contributed by atoms with E-state index < -0.39 is 12.1 Å². The summed E-state index contributed by atoms with van der Waals surface area (Å²) in [6, 6.07) is 0. The molecule has 0 aliphatic rings. The van der Waals surface area contributed by atoms with Gasteiger partial charge in [-0.1, -0.05) is 0 Å². The van der Waals surface area contributed by atoms with Gasteiger partial charge >= 0.3 is 35.5 Å². The van der Waals surface area contributed by atoms with Crippen LogP contribution in [0.5, 0.6) is 0 Å². The molecule has 0 bridgehead atoms. The molecule has 0 amide bonds. The molecule has 0 aromatic heterocycles. The average Bonchev–Trinajstić information content (AvgIpc) is 1.36. The third kappa shape index (κ3) is 10.3. The third-order valence-electron chi connectivity index (χ3n) is 0.357. The second-order valence-electron chi connectivity index (χ2n) is 1.01. The number of carboxylic acid groups (broad SMARTS) is 1. The zero-order valence-corrected chi connectivity index (χ0v) is 9.34. The Kier molecular flexibility index (Phi) is 16.8. The number of rotatable bonds is 1. The predicted molar refractivity (Wildman–Crippen MR) is 20.4 cm³/mol. The molecule has 0 saturated heterocycles. The van der Waals surface area contributed by atoms with E-state index in [1.165, 1.54) is 6.92 Å². The number of carbonyl (C=O) groups is 1. The fourth-order valence-corrected chi connectivity index (χ4v) is 0. The Morgan fingerprint density at radius 1 is 1.75 bits per heavy atom. The molecule has 0 aromatic rings. The van der Waals surface area contributed by atoms with Gasteiger partial charge in [0, 0.05) is 26.2 Å². The predicted octanol–water partition coefficient (Wildman–Crippen LogP) is -3.43. The Balaban J connectivity index is -0.0000000417. The number of hydrogen-bond donors (Lipinski definition) is 2. The van der Waals surface area contributed by atoms with Crippen molar-refractivity contribution in [1.82, 2.24) is 0 Å². The molecule has 0 saturated carbocycles. The number of aliphatic carboxylic acids is 1. The molecular weight excluding hydrogens is 198 g/mol. The maximum atomic E-state index is 9.45. The largest absolute Gasteiger partial charge is 1.00 e. The second-order valence-corrected chi connectivity index (χ2v) is 1.01. The van der Waals surface area contributed by atoms with Crippen LogP contribution < -0.4 is 29.6 Å². The molecule has 0 aliphatic carbocycles. The van der Waals surface area contributed by atoms with Crippen LogP contribution in [0.4, 0.5) is 0 Å². The van der Waals surface area contributed by atoms with E-state index in [2.05, 4.69) is 0 Å². The van der Waals surface area contributed by atoms with Gasteiger partial charge in [-0.2, -0.15) is 0 Å². The van der Waals surface area contributed by atoms with Crippen LogP contribution in [0.3, 0.4) is 0 Å². The van der Waals surface area contributed by atoms with E-state index in [1.54, 1.807) is 0 Å². The zero-order valence-electron chi connectivity index (χ0n) is 5.88. The topological polar surface area (TPSA) is 57.5 Å². The van der Waals surface area contributed by atoms with Gasteiger partial charge in [-0.15, -0.1) is 0 Å². The van der Waals surface area contributed by atoms with Crippen LogP contribution in [0.2, 0.25) is 0 Å². The van der Waals surface area contributed by atoms with E-state index in [0.717, 1.165) is 0 Å². The van der Waals surface area contributed by atoms with Gasteiger partial charge in [-0.05, 0) is 6.92 Å². The van der Waals surface area contributed by atoms with Crippen molar-refractivity contribution in [3.8, 4) is 0 Å². The molecule has 1 atom stereocenters. The standard InChI is InChI=1S/C3H6O3.Na.Zr.H/c1-2(4)3(5)6;;;/h2,4H,1H3,(H,5,6);;;/q;+1;;-1. The van der Waals surface area contributed by atoms with E-state index >= 15 is 0 Å². The fourth-order valence-electron chi connectivity index (χ4n) is 0. The molecule has 0 aromatic carbocycles. The maximum absolute atomic E-state index is 9.45. The molecule has 0 aliphatic heterocycles. The number of aliphatic hydroxyl groups is 1. The molecule has 0 heterocycles. The smallest absolute Gasteiger partial charge is 1.00 e. The van der Waals surface area contributed by atoms with Crippen molar-refractivity contribution >= 4 is 5.97 Å². The fraction of sp³-hybridized carbons (Fsp3) is 0.667.